The summed E-state index contributed by atoms with van der Waals surface area (Å²) >= 11 is 0. The first-order valence-corrected chi connectivity index (χ1v) is 7.36. The molecule has 3 rings (SSSR count). The molecule has 0 spiro atoms. The number of ether oxygens (including phenoxy) is 2. The predicted molar refractivity (Wildman–Crippen MR) is 88.2 cm³/mol. The van der Waals surface area contributed by atoms with E-state index in [-0.39, 0.29) is 12.7 Å². The fourth-order valence-corrected chi connectivity index (χ4v) is 2.52. The number of hydrogen-bond acceptors (Lipinski definition) is 4. The standard InChI is InChI=1S/C18H18N2O3/c1-11-4-6-15(12(2)8-11)13(3)19-20-18(21)14-5-7-16-17(9-14)23-10-22-16/h4-9H,10H2,1-3H3,(H,20,21). The van der Waals surface area contributed by atoms with Gasteiger partial charge in [0.1, 0.15) is 0 Å². The molecule has 0 aliphatic carbocycles. The molecule has 0 radical (unpaired) electrons. The first-order valence-electron chi connectivity index (χ1n) is 7.36. The highest BCUT2D eigenvalue weighted by Crippen LogP contribution is 2.32. The van der Waals surface area contributed by atoms with Crippen LogP contribution in [0.1, 0.15) is 34.0 Å². The number of hydrazone groups is 1. The Morgan fingerprint density at radius 3 is 2.65 bits per heavy atom. The second-order valence-electron chi connectivity index (χ2n) is 5.52. The molecule has 118 valence electrons. The summed E-state index contributed by atoms with van der Waals surface area (Å²) in [7, 11) is 0. The largest absolute Gasteiger partial charge is 0.454 e. The van der Waals surface area contributed by atoms with Gasteiger partial charge in [-0.3, -0.25) is 4.79 Å². The maximum Gasteiger partial charge on any atom is 0.271 e. The van der Waals surface area contributed by atoms with E-state index in [9.17, 15) is 4.79 Å². The van der Waals surface area contributed by atoms with Crippen molar-refractivity contribution in [3.8, 4) is 11.5 Å². The number of nitrogens with zero attached hydrogens (tertiary/aromatic N) is 1. The summed E-state index contributed by atoms with van der Waals surface area (Å²) in [5, 5.41) is 4.20. The van der Waals surface area contributed by atoms with E-state index in [1.165, 1.54) is 5.56 Å². The third-order valence-electron chi connectivity index (χ3n) is 3.73. The maximum absolute atomic E-state index is 12.2. The van der Waals surface area contributed by atoms with Crippen molar-refractivity contribution in [2.75, 3.05) is 6.79 Å². The van der Waals surface area contributed by atoms with Crippen LogP contribution >= 0.6 is 0 Å². The zero-order chi connectivity index (χ0) is 16.4. The topological polar surface area (TPSA) is 59.9 Å². The normalized spacial score (nSPS) is 13.1. The molecule has 2 aromatic carbocycles. The Kier molecular flexibility index (Phi) is 4.02. The lowest BCUT2D eigenvalue weighted by molar-refractivity contribution is 0.0954. The highest BCUT2D eigenvalue weighted by molar-refractivity contribution is 6.02. The summed E-state index contributed by atoms with van der Waals surface area (Å²) in [6.45, 7) is 6.13. The lowest BCUT2D eigenvalue weighted by Crippen LogP contribution is -2.19. The third kappa shape index (κ3) is 3.18. The van der Waals surface area contributed by atoms with Crippen molar-refractivity contribution < 1.29 is 14.3 Å². The molecule has 1 aliphatic rings. The highest BCUT2D eigenvalue weighted by atomic mass is 16.7. The van der Waals surface area contributed by atoms with Crippen molar-refractivity contribution in [2.24, 2.45) is 5.10 Å². The van der Waals surface area contributed by atoms with Crippen LogP contribution in [0.2, 0.25) is 0 Å². The smallest absolute Gasteiger partial charge is 0.271 e. The lowest BCUT2D eigenvalue weighted by Gasteiger charge is -2.07. The zero-order valence-corrected chi connectivity index (χ0v) is 13.3. The zero-order valence-electron chi connectivity index (χ0n) is 13.3. The number of benzene rings is 2. The van der Waals surface area contributed by atoms with E-state index in [4.69, 9.17) is 9.47 Å². The molecule has 0 atom stereocenters. The molecule has 0 saturated carbocycles. The van der Waals surface area contributed by atoms with Gasteiger partial charge in [0.25, 0.3) is 5.91 Å². The number of rotatable bonds is 3. The predicted octanol–water partition coefficient (Wildman–Crippen LogP) is 3.19. The number of aryl methyl sites for hydroxylation is 2. The molecule has 0 unspecified atom stereocenters. The second-order valence-corrected chi connectivity index (χ2v) is 5.52. The Bertz CT molecular complexity index is 797. The van der Waals surface area contributed by atoms with Crippen LogP contribution in [-0.4, -0.2) is 18.4 Å². The third-order valence-corrected chi connectivity index (χ3v) is 3.73. The number of amides is 1. The van der Waals surface area contributed by atoms with Gasteiger partial charge in [-0.05, 0) is 44.5 Å². The van der Waals surface area contributed by atoms with Crippen molar-refractivity contribution in [3.05, 3.63) is 58.7 Å². The number of nitrogens with one attached hydrogen (secondary N) is 1. The molecule has 23 heavy (non-hydrogen) atoms. The average molecular weight is 310 g/mol. The van der Waals surface area contributed by atoms with Gasteiger partial charge in [0.15, 0.2) is 11.5 Å². The molecule has 5 heteroatoms. The van der Waals surface area contributed by atoms with Crippen LogP contribution in [0.25, 0.3) is 0 Å². The summed E-state index contributed by atoms with van der Waals surface area (Å²) in [6.07, 6.45) is 0. The van der Waals surface area contributed by atoms with Crippen molar-refractivity contribution in [2.45, 2.75) is 20.8 Å². The number of hydrogen-bond donors (Lipinski definition) is 1. The van der Waals surface area contributed by atoms with E-state index in [1.807, 2.05) is 32.9 Å². The van der Waals surface area contributed by atoms with Crippen LogP contribution < -0.4 is 14.9 Å². The van der Waals surface area contributed by atoms with Crippen LogP contribution in [0, 0.1) is 13.8 Å². The molecule has 0 bridgehead atoms. The Labute approximate surface area is 134 Å². The fourth-order valence-electron chi connectivity index (χ4n) is 2.52. The second kappa shape index (κ2) is 6.12. The molecule has 1 N–H and O–H groups in total. The fraction of sp³-hybridized carbons (Fsp3) is 0.222. The summed E-state index contributed by atoms with van der Waals surface area (Å²) in [5.74, 6) is 0.941. The van der Waals surface area contributed by atoms with Crippen LogP contribution in [-0.2, 0) is 0 Å². The Morgan fingerprint density at radius 2 is 1.87 bits per heavy atom. The van der Waals surface area contributed by atoms with Crippen LogP contribution in [0.4, 0.5) is 0 Å². The number of fused-ring (bicyclic) bond motifs is 1. The van der Waals surface area contributed by atoms with Gasteiger partial charge < -0.3 is 9.47 Å². The maximum atomic E-state index is 12.2. The van der Waals surface area contributed by atoms with Gasteiger partial charge >= 0.3 is 0 Å². The molecule has 0 saturated heterocycles. The Balaban J connectivity index is 1.75. The first kappa shape index (κ1) is 15.1. The number of carbonyl (C=O) groups excluding carboxylic acids is 1. The molecule has 1 heterocycles. The molecule has 1 amide bonds. The van der Waals surface area contributed by atoms with Crippen molar-refractivity contribution in [3.63, 3.8) is 0 Å². The number of carbonyl (C=O) groups is 1. The molecular formula is C18H18N2O3. The van der Waals surface area contributed by atoms with E-state index < -0.39 is 0 Å². The van der Waals surface area contributed by atoms with E-state index in [1.54, 1.807) is 18.2 Å². The molecular weight excluding hydrogens is 292 g/mol. The first-order chi connectivity index (χ1) is 11.0. The summed E-state index contributed by atoms with van der Waals surface area (Å²) in [6, 6.07) is 11.2. The van der Waals surface area contributed by atoms with Gasteiger partial charge in [-0.15, -0.1) is 0 Å². The van der Waals surface area contributed by atoms with Gasteiger partial charge in [-0.2, -0.15) is 5.10 Å². The SMILES string of the molecule is CC(=NNC(=O)c1ccc2c(c1)OCO2)c1ccc(C)cc1C. The quantitative estimate of drug-likeness (QED) is 0.699. The van der Waals surface area contributed by atoms with Crippen molar-refractivity contribution >= 4 is 11.6 Å². The van der Waals surface area contributed by atoms with Gasteiger partial charge in [-0.1, -0.05) is 23.8 Å². The molecule has 5 nitrogen and oxygen atoms in total. The average Bonchev–Trinajstić information content (AvgIpc) is 2.99. The summed E-state index contributed by atoms with van der Waals surface area (Å²) in [4.78, 5) is 12.2. The van der Waals surface area contributed by atoms with Crippen LogP contribution in [0.15, 0.2) is 41.5 Å². The van der Waals surface area contributed by atoms with E-state index in [2.05, 4.69) is 16.6 Å². The lowest BCUT2D eigenvalue weighted by atomic mass is 10.0. The van der Waals surface area contributed by atoms with E-state index >= 15 is 0 Å². The minimum atomic E-state index is -0.285. The van der Waals surface area contributed by atoms with Gasteiger partial charge in [0.2, 0.25) is 6.79 Å². The molecule has 0 aromatic heterocycles. The minimum absolute atomic E-state index is 0.185. The van der Waals surface area contributed by atoms with Gasteiger partial charge in [0, 0.05) is 11.1 Å². The Morgan fingerprint density at radius 1 is 1.09 bits per heavy atom. The molecule has 0 fully saturated rings. The van der Waals surface area contributed by atoms with Gasteiger partial charge in [0.05, 0.1) is 5.71 Å². The summed E-state index contributed by atoms with van der Waals surface area (Å²) in [5.41, 5.74) is 7.16. The van der Waals surface area contributed by atoms with Gasteiger partial charge in [-0.25, -0.2) is 5.43 Å². The minimum Gasteiger partial charge on any atom is -0.454 e. The van der Waals surface area contributed by atoms with E-state index in [0.29, 0.717) is 17.1 Å². The van der Waals surface area contributed by atoms with E-state index in [0.717, 1.165) is 16.8 Å². The highest BCUT2D eigenvalue weighted by Gasteiger charge is 2.16. The molecule has 1 aliphatic heterocycles. The Hall–Kier alpha value is -2.82. The monoisotopic (exact) mass is 310 g/mol. The van der Waals surface area contributed by atoms with Crippen molar-refractivity contribution in [1.82, 2.24) is 5.43 Å². The molecule has 2 aromatic rings. The van der Waals surface area contributed by atoms with Crippen molar-refractivity contribution in [1.29, 1.82) is 0 Å². The van der Waals surface area contributed by atoms with Crippen LogP contribution in [0.5, 0.6) is 11.5 Å². The summed E-state index contributed by atoms with van der Waals surface area (Å²) < 4.78 is 10.5. The van der Waals surface area contributed by atoms with Crippen LogP contribution in [0.3, 0.4) is 0 Å².